The van der Waals surface area contributed by atoms with E-state index in [1.165, 1.54) is 12.1 Å². The minimum absolute atomic E-state index is 0.00764. The van der Waals surface area contributed by atoms with E-state index in [4.69, 9.17) is 0 Å². The van der Waals surface area contributed by atoms with Gasteiger partial charge in [0.2, 0.25) is 0 Å². The molecule has 1 saturated heterocycles. The standard InChI is InChI=1S/C18H18BrFN2O/c1-12-16(19)6-7-17(21-12)22-10-8-14(9-11-22)18(23)13-2-4-15(20)5-3-13/h2-7,14H,8-11H2,1H3. The molecule has 0 aliphatic carbocycles. The van der Waals surface area contributed by atoms with E-state index in [1.54, 1.807) is 12.1 Å². The highest BCUT2D eigenvalue weighted by molar-refractivity contribution is 9.10. The van der Waals surface area contributed by atoms with Crippen molar-refractivity contribution in [1.29, 1.82) is 0 Å². The average Bonchev–Trinajstić information content (AvgIpc) is 2.57. The number of pyridine rings is 1. The van der Waals surface area contributed by atoms with Crippen LogP contribution in [-0.4, -0.2) is 23.9 Å². The molecule has 2 heterocycles. The predicted octanol–water partition coefficient (Wildman–Crippen LogP) is 4.39. The van der Waals surface area contributed by atoms with E-state index in [-0.39, 0.29) is 17.5 Å². The first-order valence-electron chi connectivity index (χ1n) is 7.72. The molecule has 120 valence electrons. The van der Waals surface area contributed by atoms with Crippen LogP contribution in [0.1, 0.15) is 28.9 Å². The average molecular weight is 377 g/mol. The summed E-state index contributed by atoms with van der Waals surface area (Å²) >= 11 is 3.46. The van der Waals surface area contributed by atoms with E-state index in [9.17, 15) is 9.18 Å². The maximum Gasteiger partial charge on any atom is 0.166 e. The second kappa shape index (κ2) is 6.79. The minimum Gasteiger partial charge on any atom is -0.357 e. The Hall–Kier alpha value is -1.75. The number of hydrogen-bond donors (Lipinski definition) is 0. The van der Waals surface area contributed by atoms with Gasteiger partial charge in [-0.1, -0.05) is 0 Å². The molecule has 5 heteroatoms. The summed E-state index contributed by atoms with van der Waals surface area (Å²) in [5, 5.41) is 0. The van der Waals surface area contributed by atoms with Gasteiger partial charge in [0.1, 0.15) is 11.6 Å². The van der Waals surface area contributed by atoms with E-state index in [0.29, 0.717) is 5.56 Å². The number of carbonyl (C=O) groups is 1. The third-order valence-electron chi connectivity index (χ3n) is 4.33. The number of rotatable bonds is 3. The zero-order valence-corrected chi connectivity index (χ0v) is 14.5. The van der Waals surface area contributed by atoms with E-state index >= 15 is 0 Å². The Morgan fingerprint density at radius 2 is 1.83 bits per heavy atom. The summed E-state index contributed by atoms with van der Waals surface area (Å²) in [6, 6.07) is 9.84. The Morgan fingerprint density at radius 3 is 2.43 bits per heavy atom. The zero-order valence-electron chi connectivity index (χ0n) is 12.9. The summed E-state index contributed by atoms with van der Waals surface area (Å²) in [6.45, 7) is 3.59. The molecule has 0 unspecified atom stereocenters. The van der Waals surface area contributed by atoms with Crippen molar-refractivity contribution in [3.8, 4) is 0 Å². The quantitative estimate of drug-likeness (QED) is 0.744. The van der Waals surface area contributed by atoms with Crippen molar-refractivity contribution in [3.05, 3.63) is 57.9 Å². The molecule has 23 heavy (non-hydrogen) atoms. The monoisotopic (exact) mass is 376 g/mol. The molecule has 1 fully saturated rings. The Labute approximate surface area is 143 Å². The lowest BCUT2D eigenvalue weighted by Crippen LogP contribution is -2.36. The van der Waals surface area contributed by atoms with E-state index in [2.05, 4.69) is 25.8 Å². The molecule has 0 saturated carbocycles. The molecule has 0 atom stereocenters. The Kier molecular flexibility index (Phi) is 4.76. The molecule has 0 spiro atoms. The van der Waals surface area contributed by atoms with Gasteiger partial charge < -0.3 is 4.90 Å². The highest BCUT2D eigenvalue weighted by atomic mass is 79.9. The van der Waals surface area contributed by atoms with Gasteiger partial charge in [0, 0.05) is 29.0 Å². The number of nitrogens with zero attached hydrogens (tertiary/aromatic N) is 2. The topological polar surface area (TPSA) is 33.2 Å². The van der Waals surface area contributed by atoms with Gasteiger partial charge in [-0.2, -0.15) is 0 Å². The first-order valence-corrected chi connectivity index (χ1v) is 8.52. The largest absolute Gasteiger partial charge is 0.357 e. The fourth-order valence-corrected chi connectivity index (χ4v) is 3.15. The zero-order chi connectivity index (χ0) is 16.4. The first-order chi connectivity index (χ1) is 11.0. The number of ketones is 1. The van der Waals surface area contributed by atoms with Crippen molar-refractivity contribution in [2.45, 2.75) is 19.8 Å². The van der Waals surface area contributed by atoms with Crippen molar-refractivity contribution in [2.24, 2.45) is 5.92 Å². The summed E-state index contributed by atoms with van der Waals surface area (Å²) in [4.78, 5) is 19.3. The second-order valence-corrected chi connectivity index (χ2v) is 6.72. The number of aryl methyl sites for hydroxylation is 1. The Bertz CT molecular complexity index is 709. The number of anilines is 1. The molecule has 3 nitrogen and oxygen atoms in total. The summed E-state index contributed by atoms with van der Waals surface area (Å²) in [5.41, 5.74) is 1.56. The summed E-state index contributed by atoms with van der Waals surface area (Å²) in [6.07, 6.45) is 1.60. The molecule has 1 aliphatic rings. The number of carbonyl (C=O) groups excluding carboxylic acids is 1. The van der Waals surface area contributed by atoms with Gasteiger partial charge in [0.05, 0.1) is 5.69 Å². The van der Waals surface area contributed by atoms with Crippen LogP contribution < -0.4 is 4.90 Å². The molecule has 1 aliphatic heterocycles. The predicted molar refractivity (Wildman–Crippen MR) is 92.3 cm³/mol. The van der Waals surface area contributed by atoms with Crippen LogP contribution in [0.3, 0.4) is 0 Å². The van der Waals surface area contributed by atoms with Crippen molar-refractivity contribution >= 4 is 27.5 Å². The van der Waals surface area contributed by atoms with Gasteiger partial charge in [-0.3, -0.25) is 4.79 Å². The molecule has 0 bridgehead atoms. The molecule has 0 N–H and O–H groups in total. The Morgan fingerprint density at radius 1 is 1.17 bits per heavy atom. The maximum absolute atomic E-state index is 13.0. The maximum atomic E-state index is 13.0. The van der Waals surface area contributed by atoms with Gasteiger partial charge in [-0.15, -0.1) is 0 Å². The van der Waals surface area contributed by atoms with E-state index < -0.39 is 0 Å². The molecular formula is C18H18BrFN2O. The summed E-state index contributed by atoms with van der Waals surface area (Å²) in [7, 11) is 0. The fourth-order valence-electron chi connectivity index (χ4n) is 2.93. The van der Waals surface area contributed by atoms with Crippen LogP contribution in [0.25, 0.3) is 0 Å². The first kappa shape index (κ1) is 16.1. The number of Topliss-reactive ketones (excluding diaryl/α,β-unsaturated/α-hetero) is 1. The van der Waals surface area contributed by atoms with Gasteiger partial charge in [-0.25, -0.2) is 9.37 Å². The lowest BCUT2D eigenvalue weighted by molar-refractivity contribution is 0.0900. The third-order valence-corrected chi connectivity index (χ3v) is 5.16. The number of benzene rings is 1. The molecular weight excluding hydrogens is 359 g/mol. The lowest BCUT2D eigenvalue weighted by atomic mass is 9.89. The Balaban J connectivity index is 1.64. The van der Waals surface area contributed by atoms with Gasteiger partial charge in [0.15, 0.2) is 5.78 Å². The molecule has 0 amide bonds. The normalized spacial score (nSPS) is 15.7. The second-order valence-electron chi connectivity index (χ2n) is 5.87. The number of piperidine rings is 1. The molecule has 0 radical (unpaired) electrons. The molecule has 2 aromatic rings. The highest BCUT2D eigenvalue weighted by Gasteiger charge is 2.26. The van der Waals surface area contributed by atoms with Crippen LogP contribution in [0.2, 0.25) is 0 Å². The number of halogens is 2. The molecule has 1 aromatic heterocycles. The fraction of sp³-hybridized carbons (Fsp3) is 0.333. The highest BCUT2D eigenvalue weighted by Crippen LogP contribution is 2.26. The van der Waals surface area contributed by atoms with Gasteiger partial charge >= 0.3 is 0 Å². The van der Waals surface area contributed by atoms with Gasteiger partial charge in [0.25, 0.3) is 0 Å². The van der Waals surface area contributed by atoms with Crippen molar-refractivity contribution in [1.82, 2.24) is 4.98 Å². The SMILES string of the molecule is Cc1nc(N2CCC(C(=O)c3ccc(F)cc3)CC2)ccc1Br. The molecule has 1 aromatic carbocycles. The van der Waals surface area contributed by atoms with Crippen LogP contribution in [0, 0.1) is 18.7 Å². The smallest absolute Gasteiger partial charge is 0.166 e. The van der Waals surface area contributed by atoms with E-state index in [0.717, 1.165) is 41.9 Å². The summed E-state index contributed by atoms with van der Waals surface area (Å²) < 4.78 is 14.0. The number of hydrogen-bond acceptors (Lipinski definition) is 3. The lowest BCUT2D eigenvalue weighted by Gasteiger charge is -2.32. The number of aromatic nitrogens is 1. The van der Waals surface area contributed by atoms with Crippen molar-refractivity contribution < 1.29 is 9.18 Å². The van der Waals surface area contributed by atoms with Crippen molar-refractivity contribution in [3.63, 3.8) is 0 Å². The summed E-state index contributed by atoms with van der Waals surface area (Å²) in [5.74, 6) is 0.768. The molecule has 3 rings (SSSR count). The van der Waals surface area contributed by atoms with Crippen LogP contribution in [0.15, 0.2) is 40.9 Å². The van der Waals surface area contributed by atoms with E-state index in [1.807, 2.05) is 19.1 Å². The van der Waals surface area contributed by atoms with Crippen molar-refractivity contribution in [2.75, 3.05) is 18.0 Å². The third kappa shape index (κ3) is 3.61. The minimum atomic E-state index is -0.312. The van der Waals surface area contributed by atoms with Crippen LogP contribution >= 0.6 is 15.9 Å². The van der Waals surface area contributed by atoms with Crippen LogP contribution in [0.4, 0.5) is 10.2 Å². The van der Waals surface area contributed by atoms with Crippen LogP contribution in [0.5, 0.6) is 0 Å². The van der Waals surface area contributed by atoms with Crippen LogP contribution in [-0.2, 0) is 0 Å². The van der Waals surface area contributed by atoms with Gasteiger partial charge in [-0.05, 0) is 72.1 Å².